The summed E-state index contributed by atoms with van der Waals surface area (Å²) in [7, 11) is 0. The summed E-state index contributed by atoms with van der Waals surface area (Å²) < 4.78 is 5.30. The predicted octanol–water partition coefficient (Wildman–Crippen LogP) is 3.26. The Morgan fingerprint density at radius 1 is 1.31 bits per heavy atom. The number of benzene rings is 1. The Morgan fingerprint density at radius 3 is 2.85 bits per heavy atom. The Morgan fingerprint density at radius 2 is 2.12 bits per heavy atom. The van der Waals surface area contributed by atoms with Crippen LogP contribution >= 0.6 is 0 Å². The summed E-state index contributed by atoms with van der Waals surface area (Å²) in [6, 6.07) is 6.02. The van der Waals surface area contributed by atoms with Gasteiger partial charge in [-0.15, -0.1) is 0 Å². The lowest BCUT2D eigenvalue weighted by molar-refractivity contribution is -0.131. The molecule has 26 heavy (non-hydrogen) atoms. The zero-order valence-electron chi connectivity index (χ0n) is 15.6. The largest absolute Gasteiger partial charge is 0.427 e. The van der Waals surface area contributed by atoms with Gasteiger partial charge in [-0.25, -0.2) is 5.90 Å². The van der Waals surface area contributed by atoms with Crippen LogP contribution in [0.1, 0.15) is 68.9 Å². The van der Waals surface area contributed by atoms with Gasteiger partial charge in [0, 0.05) is 12.8 Å². The minimum absolute atomic E-state index is 0.0461. The lowest BCUT2D eigenvalue weighted by Crippen LogP contribution is -2.44. The summed E-state index contributed by atoms with van der Waals surface area (Å²) in [4.78, 5) is 16.4. The molecule has 0 amide bonds. The summed E-state index contributed by atoms with van der Waals surface area (Å²) in [6.07, 6.45) is 5.04. The number of aliphatic hydroxyl groups excluding tert-OH is 1. The third kappa shape index (κ3) is 2.77. The van der Waals surface area contributed by atoms with Gasteiger partial charge in [-0.1, -0.05) is 13.0 Å². The van der Waals surface area contributed by atoms with Crippen molar-refractivity contribution in [1.82, 2.24) is 0 Å². The topological polar surface area (TPSA) is 81.8 Å². The first kappa shape index (κ1) is 18.0. The van der Waals surface area contributed by atoms with Crippen LogP contribution in [-0.2, 0) is 9.63 Å². The van der Waals surface area contributed by atoms with Crippen molar-refractivity contribution in [2.24, 2.45) is 23.1 Å². The maximum absolute atomic E-state index is 11.3. The molecule has 1 aromatic rings. The molecule has 3 N–H and O–H groups in total. The minimum atomic E-state index is -0.307. The molecule has 5 nitrogen and oxygen atoms in total. The van der Waals surface area contributed by atoms with Crippen molar-refractivity contribution >= 4 is 5.97 Å². The van der Waals surface area contributed by atoms with Gasteiger partial charge in [-0.05, 0) is 78.5 Å². The van der Waals surface area contributed by atoms with Crippen LogP contribution in [-0.4, -0.2) is 23.8 Å². The molecule has 6 atom stereocenters. The lowest BCUT2D eigenvalue weighted by atomic mass is 9.54. The Balaban J connectivity index is 1.71. The quantitative estimate of drug-likeness (QED) is 0.492. The smallest absolute Gasteiger partial charge is 0.308 e. The summed E-state index contributed by atoms with van der Waals surface area (Å²) >= 11 is 0. The lowest BCUT2D eigenvalue weighted by Gasteiger charge is -2.51. The first-order chi connectivity index (χ1) is 12.4. The number of ether oxygens (including phenoxy) is 1. The van der Waals surface area contributed by atoms with Gasteiger partial charge in [-0.2, -0.15) is 0 Å². The number of hydrogen-bond acceptors (Lipinski definition) is 5. The standard InChI is InChI=1S/C21H29NO4/c1-12(23)26-14-3-4-15-16-7-8-21(2)19(5-6-20(21)24)18(16)9-13(11-25-22)17(15)10-14/h3-4,10,13,16,18-20,24H,5-9,11,22H2,1-2H3. The van der Waals surface area contributed by atoms with E-state index in [-0.39, 0.29) is 23.4 Å². The monoisotopic (exact) mass is 359 g/mol. The fourth-order valence-corrected chi connectivity index (χ4v) is 6.18. The maximum Gasteiger partial charge on any atom is 0.308 e. The average Bonchev–Trinajstić information content (AvgIpc) is 2.90. The molecule has 2 saturated carbocycles. The first-order valence-corrected chi connectivity index (χ1v) is 9.76. The van der Waals surface area contributed by atoms with Crippen molar-refractivity contribution in [3.63, 3.8) is 0 Å². The van der Waals surface area contributed by atoms with E-state index in [1.54, 1.807) is 0 Å². The fourth-order valence-electron chi connectivity index (χ4n) is 6.18. The molecule has 0 heterocycles. The molecule has 3 aliphatic carbocycles. The Bertz CT molecular complexity index is 705. The highest BCUT2D eigenvalue weighted by atomic mass is 16.6. The highest BCUT2D eigenvalue weighted by Gasteiger charge is 2.55. The van der Waals surface area contributed by atoms with E-state index in [2.05, 4.69) is 13.0 Å². The molecule has 0 radical (unpaired) electrons. The SMILES string of the molecule is CC(=O)Oc1ccc2c(c1)C(CON)CC1C2CCC2(C)C(O)CCC12. The maximum atomic E-state index is 11.3. The molecule has 0 spiro atoms. The van der Waals surface area contributed by atoms with Crippen LogP contribution in [0.5, 0.6) is 5.75 Å². The third-order valence-electron chi connectivity index (χ3n) is 7.40. The van der Waals surface area contributed by atoms with Crippen LogP contribution in [0.25, 0.3) is 0 Å². The first-order valence-electron chi connectivity index (χ1n) is 9.76. The molecule has 6 unspecified atom stereocenters. The van der Waals surface area contributed by atoms with Gasteiger partial charge in [-0.3, -0.25) is 4.79 Å². The van der Waals surface area contributed by atoms with Gasteiger partial charge in [0.15, 0.2) is 0 Å². The van der Waals surface area contributed by atoms with Crippen LogP contribution in [0.3, 0.4) is 0 Å². The fraction of sp³-hybridized carbons (Fsp3) is 0.667. The van der Waals surface area contributed by atoms with Gasteiger partial charge in [0.1, 0.15) is 5.75 Å². The Hall–Kier alpha value is -1.43. The summed E-state index contributed by atoms with van der Waals surface area (Å²) in [5, 5.41) is 10.6. The van der Waals surface area contributed by atoms with Crippen molar-refractivity contribution in [3.8, 4) is 5.75 Å². The molecule has 5 heteroatoms. The molecule has 3 aliphatic rings. The van der Waals surface area contributed by atoms with Crippen LogP contribution in [0.2, 0.25) is 0 Å². The van der Waals surface area contributed by atoms with E-state index >= 15 is 0 Å². The zero-order valence-corrected chi connectivity index (χ0v) is 15.6. The summed E-state index contributed by atoms with van der Waals surface area (Å²) in [6.45, 7) is 4.16. The van der Waals surface area contributed by atoms with E-state index in [4.69, 9.17) is 15.5 Å². The van der Waals surface area contributed by atoms with Gasteiger partial charge >= 0.3 is 5.97 Å². The number of carbonyl (C=O) groups is 1. The predicted molar refractivity (Wildman–Crippen MR) is 97.6 cm³/mol. The van der Waals surface area contributed by atoms with E-state index in [9.17, 15) is 9.90 Å². The molecule has 142 valence electrons. The van der Waals surface area contributed by atoms with Gasteiger partial charge < -0.3 is 14.7 Å². The van der Waals surface area contributed by atoms with Crippen LogP contribution < -0.4 is 10.6 Å². The molecule has 2 fully saturated rings. The summed E-state index contributed by atoms with van der Waals surface area (Å²) in [5.74, 6) is 7.53. The molecule has 0 bridgehead atoms. The molecular formula is C21H29NO4. The molecule has 0 aromatic heterocycles. The number of rotatable bonds is 3. The van der Waals surface area contributed by atoms with Crippen molar-refractivity contribution in [2.75, 3.05) is 6.61 Å². The highest BCUT2D eigenvalue weighted by Crippen LogP contribution is 2.62. The van der Waals surface area contributed by atoms with Crippen LogP contribution in [0, 0.1) is 17.3 Å². The number of aliphatic hydroxyl groups is 1. The van der Waals surface area contributed by atoms with E-state index in [1.165, 1.54) is 18.1 Å². The van der Waals surface area contributed by atoms with E-state index in [0.29, 0.717) is 30.1 Å². The average molecular weight is 359 g/mol. The molecule has 0 aliphatic heterocycles. The van der Waals surface area contributed by atoms with Crippen LogP contribution in [0.15, 0.2) is 18.2 Å². The van der Waals surface area contributed by atoms with Crippen molar-refractivity contribution in [3.05, 3.63) is 29.3 Å². The van der Waals surface area contributed by atoms with Gasteiger partial charge in [0.05, 0.1) is 12.7 Å². The van der Waals surface area contributed by atoms with Crippen LogP contribution in [0.4, 0.5) is 0 Å². The number of esters is 1. The van der Waals surface area contributed by atoms with Crippen molar-refractivity contribution in [1.29, 1.82) is 0 Å². The normalized spacial score (nSPS) is 38.2. The Kier molecular flexibility index (Phi) is 4.58. The zero-order chi connectivity index (χ0) is 18.5. The molecule has 0 saturated heterocycles. The second-order valence-electron chi connectivity index (χ2n) is 8.66. The molecular weight excluding hydrogens is 330 g/mol. The van der Waals surface area contributed by atoms with Gasteiger partial charge in [0.25, 0.3) is 0 Å². The van der Waals surface area contributed by atoms with E-state index < -0.39 is 0 Å². The highest BCUT2D eigenvalue weighted by molar-refractivity contribution is 5.69. The van der Waals surface area contributed by atoms with Crippen molar-refractivity contribution in [2.45, 2.75) is 63.9 Å². The summed E-state index contributed by atoms with van der Waals surface area (Å²) in [5.41, 5.74) is 2.60. The second-order valence-corrected chi connectivity index (χ2v) is 8.66. The van der Waals surface area contributed by atoms with Gasteiger partial charge in [0.2, 0.25) is 0 Å². The van der Waals surface area contributed by atoms with E-state index in [0.717, 1.165) is 32.1 Å². The number of carbonyl (C=O) groups excluding carboxylic acids is 1. The van der Waals surface area contributed by atoms with Crippen molar-refractivity contribution < 1.29 is 19.5 Å². The minimum Gasteiger partial charge on any atom is -0.427 e. The second kappa shape index (κ2) is 6.63. The number of fused-ring (bicyclic) bond motifs is 5. The van der Waals surface area contributed by atoms with E-state index in [1.807, 2.05) is 12.1 Å². The Labute approximate surface area is 154 Å². The molecule has 4 rings (SSSR count). The number of nitrogens with two attached hydrogens (primary N) is 1. The number of hydrogen-bond donors (Lipinski definition) is 2. The molecule has 1 aromatic carbocycles. The third-order valence-corrected chi connectivity index (χ3v) is 7.40.